The Morgan fingerprint density at radius 3 is 2.88 bits per heavy atom. The standard InChI is InChI=1S/C9H15N5O2/c1-6-7(9(15)16)3-4-14(6)5-8-10-12-13(2)11-8/h6-7H,3-5H2,1-2H3,(H,15,16). The highest BCUT2D eigenvalue weighted by Gasteiger charge is 2.35. The maximum absolute atomic E-state index is 10.9. The summed E-state index contributed by atoms with van der Waals surface area (Å²) in [6.45, 7) is 3.28. The summed E-state index contributed by atoms with van der Waals surface area (Å²) >= 11 is 0. The van der Waals surface area contributed by atoms with Crippen molar-refractivity contribution in [2.75, 3.05) is 6.54 Å². The average Bonchev–Trinajstić information content (AvgIpc) is 2.76. The summed E-state index contributed by atoms with van der Waals surface area (Å²) in [5, 5.41) is 20.7. The third-order valence-corrected chi connectivity index (χ3v) is 3.10. The quantitative estimate of drug-likeness (QED) is 0.747. The number of aryl methyl sites for hydroxylation is 1. The van der Waals surface area contributed by atoms with Gasteiger partial charge in [-0.2, -0.15) is 4.80 Å². The van der Waals surface area contributed by atoms with Gasteiger partial charge in [0.15, 0.2) is 5.82 Å². The molecule has 1 aliphatic rings. The number of aliphatic carboxylic acids is 1. The first kappa shape index (κ1) is 11.0. The SMILES string of the molecule is CC1C(C(=O)O)CCN1Cc1nnn(C)n1. The molecular weight excluding hydrogens is 210 g/mol. The first-order chi connectivity index (χ1) is 7.58. The number of likely N-dealkylation sites (tertiary alicyclic amines) is 1. The summed E-state index contributed by atoms with van der Waals surface area (Å²) < 4.78 is 0. The number of carbonyl (C=O) groups is 1. The summed E-state index contributed by atoms with van der Waals surface area (Å²) in [4.78, 5) is 14.4. The molecule has 0 radical (unpaired) electrons. The van der Waals surface area contributed by atoms with Crippen molar-refractivity contribution in [1.29, 1.82) is 0 Å². The predicted octanol–water partition coefficient (Wildman–Crippen LogP) is -0.495. The van der Waals surface area contributed by atoms with Gasteiger partial charge in [-0.3, -0.25) is 9.69 Å². The molecule has 1 aromatic heterocycles. The van der Waals surface area contributed by atoms with Gasteiger partial charge < -0.3 is 5.11 Å². The third-order valence-electron chi connectivity index (χ3n) is 3.10. The van der Waals surface area contributed by atoms with Crippen LogP contribution >= 0.6 is 0 Å². The fourth-order valence-electron chi connectivity index (χ4n) is 2.13. The van der Waals surface area contributed by atoms with Crippen molar-refractivity contribution in [3.63, 3.8) is 0 Å². The maximum Gasteiger partial charge on any atom is 0.308 e. The lowest BCUT2D eigenvalue weighted by molar-refractivity contribution is -0.142. The Hall–Kier alpha value is -1.50. The van der Waals surface area contributed by atoms with Gasteiger partial charge in [-0.25, -0.2) is 0 Å². The minimum Gasteiger partial charge on any atom is -0.481 e. The molecule has 2 unspecified atom stereocenters. The minimum absolute atomic E-state index is 0.0290. The van der Waals surface area contributed by atoms with Crippen molar-refractivity contribution in [2.45, 2.75) is 25.9 Å². The van der Waals surface area contributed by atoms with Crippen LogP contribution < -0.4 is 0 Å². The molecule has 2 rings (SSSR count). The predicted molar refractivity (Wildman–Crippen MR) is 54.4 cm³/mol. The summed E-state index contributed by atoms with van der Waals surface area (Å²) in [5.41, 5.74) is 0. The van der Waals surface area contributed by atoms with Crippen LogP contribution in [0.25, 0.3) is 0 Å². The number of aromatic nitrogens is 4. The molecule has 0 amide bonds. The zero-order chi connectivity index (χ0) is 11.7. The van der Waals surface area contributed by atoms with E-state index in [1.165, 1.54) is 4.80 Å². The fraction of sp³-hybridized carbons (Fsp3) is 0.778. The first-order valence-electron chi connectivity index (χ1n) is 5.27. The van der Waals surface area contributed by atoms with E-state index < -0.39 is 5.97 Å². The van der Waals surface area contributed by atoms with Crippen molar-refractivity contribution in [3.8, 4) is 0 Å². The molecule has 1 aliphatic heterocycles. The number of tetrazole rings is 1. The van der Waals surface area contributed by atoms with E-state index in [9.17, 15) is 4.79 Å². The Balaban J connectivity index is 2.00. The molecule has 0 saturated carbocycles. The number of rotatable bonds is 3. The number of hydrogen-bond acceptors (Lipinski definition) is 5. The largest absolute Gasteiger partial charge is 0.481 e. The molecule has 2 atom stereocenters. The van der Waals surface area contributed by atoms with Crippen molar-refractivity contribution in [3.05, 3.63) is 5.82 Å². The molecule has 7 nitrogen and oxygen atoms in total. The molecule has 1 fully saturated rings. The van der Waals surface area contributed by atoms with Gasteiger partial charge in [0.05, 0.1) is 19.5 Å². The van der Waals surface area contributed by atoms with Crippen LogP contribution in [0.1, 0.15) is 19.2 Å². The smallest absolute Gasteiger partial charge is 0.308 e. The lowest BCUT2D eigenvalue weighted by atomic mass is 10.0. The van der Waals surface area contributed by atoms with Crippen molar-refractivity contribution in [2.24, 2.45) is 13.0 Å². The zero-order valence-electron chi connectivity index (χ0n) is 9.37. The molecule has 0 aromatic carbocycles. The van der Waals surface area contributed by atoms with Gasteiger partial charge in [-0.05, 0) is 25.1 Å². The molecule has 7 heteroatoms. The van der Waals surface area contributed by atoms with Crippen LogP contribution in [0.15, 0.2) is 0 Å². The number of hydrogen-bond donors (Lipinski definition) is 1. The highest BCUT2D eigenvalue weighted by atomic mass is 16.4. The van der Waals surface area contributed by atoms with Crippen molar-refractivity contribution >= 4 is 5.97 Å². The topological polar surface area (TPSA) is 84.1 Å². The van der Waals surface area contributed by atoms with E-state index in [0.717, 1.165) is 6.54 Å². The van der Waals surface area contributed by atoms with Crippen LogP contribution in [-0.2, 0) is 18.4 Å². The monoisotopic (exact) mass is 225 g/mol. The Bertz CT molecular complexity index is 391. The highest BCUT2D eigenvalue weighted by molar-refractivity contribution is 5.71. The number of carboxylic acids is 1. The normalized spacial score (nSPS) is 26.1. The molecule has 0 bridgehead atoms. The molecule has 88 valence electrons. The molecule has 1 saturated heterocycles. The van der Waals surface area contributed by atoms with E-state index in [4.69, 9.17) is 5.11 Å². The average molecular weight is 225 g/mol. The Labute approximate surface area is 93.0 Å². The van der Waals surface area contributed by atoms with Crippen LogP contribution in [-0.4, -0.2) is 48.8 Å². The second kappa shape index (κ2) is 4.17. The Morgan fingerprint density at radius 2 is 2.38 bits per heavy atom. The van der Waals surface area contributed by atoms with Crippen molar-refractivity contribution < 1.29 is 9.90 Å². The maximum atomic E-state index is 10.9. The Morgan fingerprint density at radius 1 is 1.62 bits per heavy atom. The molecule has 1 N–H and O–H groups in total. The summed E-state index contributed by atoms with van der Waals surface area (Å²) in [7, 11) is 1.71. The fourth-order valence-corrected chi connectivity index (χ4v) is 2.13. The lowest BCUT2D eigenvalue weighted by Crippen LogP contribution is -2.32. The number of carboxylic acid groups (broad SMARTS) is 1. The molecule has 2 heterocycles. The summed E-state index contributed by atoms with van der Waals surface area (Å²) in [5.74, 6) is -0.362. The second-order valence-corrected chi connectivity index (χ2v) is 4.14. The third kappa shape index (κ3) is 2.04. The highest BCUT2D eigenvalue weighted by Crippen LogP contribution is 2.25. The van der Waals surface area contributed by atoms with Crippen LogP contribution in [0.3, 0.4) is 0 Å². The first-order valence-corrected chi connectivity index (χ1v) is 5.27. The van der Waals surface area contributed by atoms with E-state index in [-0.39, 0.29) is 12.0 Å². The zero-order valence-corrected chi connectivity index (χ0v) is 9.37. The van der Waals surface area contributed by atoms with Gasteiger partial charge in [0.1, 0.15) is 0 Å². The summed E-state index contributed by atoms with van der Waals surface area (Å²) in [6, 6.07) is 0.0290. The van der Waals surface area contributed by atoms with Crippen LogP contribution in [0.4, 0.5) is 0 Å². The van der Waals surface area contributed by atoms with E-state index >= 15 is 0 Å². The van der Waals surface area contributed by atoms with Gasteiger partial charge in [-0.1, -0.05) is 0 Å². The van der Waals surface area contributed by atoms with Gasteiger partial charge in [0.2, 0.25) is 0 Å². The second-order valence-electron chi connectivity index (χ2n) is 4.14. The molecule has 0 spiro atoms. The van der Waals surface area contributed by atoms with E-state index in [2.05, 4.69) is 20.3 Å². The number of nitrogens with zero attached hydrogens (tertiary/aromatic N) is 5. The molecular formula is C9H15N5O2. The van der Waals surface area contributed by atoms with Gasteiger partial charge in [0, 0.05) is 6.04 Å². The van der Waals surface area contributed by atoms with E-state index in [1.807, 2.05) is 6.92 Å². The van der Waals surface area contributed by atoms with E-state index in [1.54, 1.807) is 7.05 Å². The molecule has 16 heavy (non-hydrogen) atoms. The van der Waals surface area contributed by atoms with E-state index in [0.29, 0.717) is 18.8 Å². The summed E-state index contributed by atoms with van der Waals surface area (Å²) in [6.07, 6.45) is 0.691. The van der Waals surface area contributed by atoms with Crippen LogP contribution in [0, 0.1) is 5.92 Å². The van der Waals surface area contributed by atoms with Gasteiger partial charge >= 0.3 is 5.97 Å². The van der Waals surface area contributed by atoms with Crippen molar-refractivity contribution in [1.82, 2.24) is 25.1 Å². The Kier molecular flexibility index (Phi) is 2.86. The molecule has 0 aliphatic carbocycles. The van der Waals surface area contributed by atoms with Gasteiger partial charge in [-0.15, -0.1) is 10.2 Å². The van der Waals surface area contributed by atoms with Gasteiger partial charge in [0.25, 0.3) is 0 Å². The van der Waals surface area contributed by atoms with Crippen LogP contribution in [0.2, 0.25) is 0 Å². The lowest BCUT2D eigenvalue weighted by Gasteiger charge is -2.20. The molecule has 1 aromatic rings. The van der Waals surface area contributed by atoms with Crippen LogP contribution in [0.5, 0.6) is 0 Å². The minimum atomic E-state index is -0.720.